The Kier molecular flexibility index (Phi) is 4.64. The molecule has 0 radical (unpaired) electrons. The Morgan fingerprint density at radius 2 is 2.11 bits per heavy atom. The molecule has 1 aromatic rings. The Morgan fingerprint density at radius 1 is 1.28 bits per heavy atom. The summed E-state index contributed by atoms with van der Waals surface area (Å²) in [4.78, 5) is 2.38. The second kappa shape index (κ2) is 6.23. The standard InChI is InChI=1S/C14H22N2OS/c1-11(2)17-13-6-3-5-12(14(13)15)16-7-4-9-18-10-8-16/h3,5-6,11H,4,7-10,15H2,1-2H3. The molecule has 18 heavy (non-hydrogen) atoms. The summed E-state index contributed by atoms with van der Waals surface area (Å²) in [5, 5.41) is 0. The van der Waals surface area contributed by atoms with E-state index in [0.717, 1.165) is 30.2 Å². The zero-order valence-electron chi connectivity index (χ0n) is 11.2. The van der Waals surface area contributed by atoms with Crippen molar-refractivity contribution in [2.75, 3.05) is 35.2 Å². The Bertz CT molecular complexity index is 387. The van der Waals surface area contributed by atoms with Gasteiger partial charge in [0.1, 0.15) is 5.75 Å². The molecule has 0 atom stereocenters. The molecule has 0 spiro atoms. The minimum absolute atomic E-state index is 0.155. The largest absolute Gasteiger partial charge is 0.489 e. The van der Waals surface area contributed by atoms with Crippen LogP contribution in [0.2, 0.25) is 0 Å². The number of nitrogen functional groups attached to an aromatic ring is 1. The van der Waals surface area contributed by atoms with Gasteiger partial charge in [0, 0.05) is 18.8 Å². The van der Waals surface area contributed by atoms with Crippen LogP contribution < -0.4 is 15.4 Å². The van der Waals surface area contributed by atoms with E-state index in [1.54, 1.807) is 0 Å². The summed E-state index contributed by atoms with van der Waals surface area (Å²) in [6.45, 7) is 6.20. The van der Waals surface area contributed by atoms with Crippen LogP contribution in [0.3, 0.4) is 0 Å². The molecule has 3 nitrogen and oxygen atoms in total. The lowest BCUT2D eigenvalue weighted by atomic mass is 10.2. The number of anilines is 2. The summed E-state index contributed by atoms with van der Waals surface area (Å²) < 4.78 is 5.75. The van der Waals surface area contributed by atoms with E-state index in [0.29, 0.717) is 0 Å². The van der Waals surface area contributed by atoms with E-state index >= 15 is 0 Å². The van der Waals surface area contributed by atoms with Gasteiger partial charge < -0.3 is 15.4 Å². The van der Waals surface area contributed by atoms with Crippen LogP contribution in [0.25, 0.3) is 0 Å². The van der Waals surface area contributed by atoms with E-state index < -0.39 is 0 Å². The number of para-hydroxylation sites is 1. The van der Waals surface area contributed by atoms with E-state index in [-0.39, 0.29) is 6.10 Å². The first kappa shape index (κ1) is 13.4. The van der Waals surface area contributed by atoms with Crippen LogP contribution in [-0.2, 0) is 0 Å². The normalized spacial score (nSPS) is 16.7. The van der Waals surface area contributed by atoms with E-state index in [1.165, 1.54) is 17.9 Å². The van der Waals surface area contributed by atoms with Crippen molar-refractivity contribution in [3.63, 3.8) is 0 Å². The van der Waals surface area contributed by atoms with Gasteiger partial charge in [-0.25, -0.2) is 0 Å². The Morgan fingerprint density at radius 3 is 2.89 bits per heavy atom. The van der Waals surface area contributed by atoms with Gasteiger partial charge >= 0.3 is 0 Å². The van der Waals surface area contributed by atoms with Gasteiger partial charge in [-0.3, -0.25) is 0 Å². The summed E-state index contributed by atoms with van der Waals surface area (Å²) in [6, 6.07) is 6.07. The van der Waals surface area contributed by atoms with Crippen LogP contribution in [0.1, 0.15) is 20.3 Å². The predicted octanol–water partition coefficient (Wildman–Crippen LogP) is 3.00. The Hall–Kier alpha value is -1.03. The number of nitrogens with zero attached hydrogens (tertiary/aromatic N) is 1. The smallest absolute Gasteiger partial charge is 0.144 e. The molecule has 0 bridgehead atoms. The lowest BCUT2D eigenvalue weighted by Gasteiger charge is -2.25. The van der Waals surface area contributed by atoms with Gasteiger partial charge in [-0.05, 0) is 38.2 Å². The summed E-state index contributed by atoms with van der Waals surface area (Å²) in [7, 11) is 0. The van der Waals surface area contributed by atoms with Crippen LogP contribution >= 0.6 is 11.8 Å². The first-order valence-electron chi connectivity index (χ1n) is 6.56. The minimum Gasteiger partial charge on any atom is -0.489 e. The molecule has 1 heterocycles. The van der Waals surface area contributed by atoms with Gasteiger partial charge in [-0.1, -0.05) is 6.07 Å². The summed E-state index contributed by atoms with van der Waals surface area (Å²) >= 11 is 2.02. The van der Waals surface area contributed by atoms with E-state index in [2.05, 4.69) is 11.0 Å². The van der Waals surface area contributed by atoms with Crippen molar-refractivity contribution in [1.29, 1.82) is 0 Å². The minimum atomic E-state index is 0.155. The number of nitrogens with two attached hydrogens (primary N) is 1. The molecule has 1 aromatic carbocycles. The molecular weight excluding hydrogens is 244 g/mol. The van der Waals surface area contributed by atoms with Crippen molar-refractivity contribution < 1.29 is 4.74 Å². The van der Waals surface area contributed by atoms with Crippen LogP contribution in [0.5, 0.6) is 5.75 Å². The topological polar surface area (TPSA) is 38.5 Å². The molecule has 0 aromatic heterocycles. The molecule has 1 fully saturated rings. The lowest BCUT2D eigenvalue weighted by molar-refractivity contribution is 0.244. The molecule has 0 aliphatic carbocycles. The van der Waals surface area contributed by atoms with Crippen LogP contribution in [0.4, 0.5) is 11.4 Å². The van der Waals surface area contributed by atoms with Gasteiger partial charge in [-0.2, -0.15) is 11.8 Å². The number of hydrogen-bond acceptors (Lipinski definition) is 4. The van der Waals surface area contributed by atoms with Crippen LogP contribution in [0.15, 0.2) is 18.2 Å². The Balaban J connectivity index is 2.21. The number of hydrogen-bond donors (Lipinski definition) is 1. The summed E-state index contributed by atoms with van der Waals surface area (Å²) in [5.74, 6) is 3.23. The zero-order valence-corrected chi connectivity index (χ0v) is 12.0. The molecule has 2 N–H and O–H groups in total. The predicted molar refractivity (Wildman–Crippen MR) is 80.8 cm³/mol. The van der Waals surface area contributed by atoms with Crippen LogP contribution in [0, 0.1) is 0 Å². The van der Waals surface area contributed by atoms with Gasteiger partial charge in [0.15, 0.2) is 0 Å². The van der Waals surface area contributed by atoms with Crippen molar-refractivity contribution in [3.8, 4) is 5.75 Å². The quantitative estimate of drug-likeness (QED) is 0.854. The van der Waals surface area contributed by atoms with Crippen molar-refractivity contribution >= 4 is 23.1 Å². The average molecular weight is 266 g/mol. The molecule has 100 valence electrons. The molecule has 1 aliphatic heterocycles. The maximum absolute atomic E-state index is 6.24. The SMILES string of the molecule is CC(C)Oc1cccc(N2CCCSCC2)c1N. The van der Waals surface area contributed by atoms with Crippen molar-refractivity contribution in [2.24, 2.45) is 0 Å². The summed E-state index contributed by atoms with van der Waals surface area (Å²) in [6.07, 6.45) is 1.38. The number of ether oxygens (including phenoxy) is 1. The molecule has 1 saturated heterocycles. The van der Waals surface area contributed by atoms with E-state index in [1.807, 2.05) is 37.7 Å². The maximum Gasteiger partial charge on any atom is 0.144 e. The fourth-order valence-corrected chi connectivity index (χ4v) is 3.04. The lowest BCUT2D eigenvalue weighted by Crippen LogP contribution is -2.26. The van der Waals surface area contributed by atoms with E-state index in [4.69, 9.17) is 10.5 Å². The fourth-order valence-electron chi connectivity index (χ4n) is 2.15. The molecule has 0 amide bonds. The first-order chi connectivity index (χ1) is 8.68. The number of rotatable bonds is 3. The number of benzene rings is 1. The third kappa shape index (κ3) is 3.25. The second-order valence-electron chi connectivity index (χ2n) is 4.81. The van der Waals surface area contributed by atoms with Gasteiger partial charge in [0.05, 0.1) is 17.5 Å². The average Bonchev–Trinajstić information content (AvgIpc) is 2.60. The highest BCUT2D eigenvalue weighted by Gasteiger charge is 2.15. The molecule has 0 saturated carbocycles. The van der Waals surface area contributed by atoms with Crippen molar-refractivity contribution in [3.05, 3.63) is 18.2 Å². The highest BCUT2D eigenvalue weighted by atomic mass is 32.2. The molecule has 4 heteroatoms. The third-order valence-electron chi connectivity index (χ3n) is 2.97. The maximum atomic E-state index is 6.24. The van der Waals surface area contributed by atoms with Crippen molar-refractivity contribution in [1.82, 2.24) is 0 Å². The van der Waals surface area contributed by atoms with Gasteiger partial charge in [0.2, 0.25) is 0 Å². The highest BCUT2D eigenvalue weighted by Crippen LogP contribution is 2.33. The number of thioether (sulfide) groups is 1. The Labute approximate surface area is 114 Å². The zero-order chi connectivity index (χ0) is 13.0. The molecule has 2 rings (SSSR count). The summed E-state index contributed by atoms with van der Waals surface area (Å²) in [5.41, 5.74) is 8.14. The highest BCUT2D eigenvalue weighted by molar-refractivity contribution is 7.99. The fraction of sp³-hybridized carbons (Fsp3) is 0.571. The molecular formula is C14H22N2OS. The monoisotopic (exact) mass is 266 g/mol. The molecule has 1 aliphatic rings. The van der Waals surface area contributed by atoms with E-state index in [9.17, 15) is 0 Å². The third-order valence-corrected chi connectivity index (χ3v) is 4.02. The van der Waals surface area contributed by atoms with Crippen molar-refractivity contribution in [2.45, 2.75) is 26.4 Å². The molecule has 0 unspecified atom stereocenters. The van der Waals surface area contributed by atoms with Gasteiger partial charge in [-0.15, -0.1) is 0 Å². The second-order valence-corrected chi connectivity index (χ2v) is 6.03. The van der Waals surface area contributed by atoms with Crippen LogP contribution in [-0.4, -0.2) is 30.7 Å². The van der Waals surface area contributed by atoms with Gasteiger partial charge in [0.25, 0.3) is 0 Å². The first-order valence-corrected chi connectivity index (χ1v) is 7.72.